The molecule has 1 aromatic carbocycles. The summed E-state index contributed by atoms with van der Waals surface area (Å²) in [6.07, 6.45) is 6.05. The number of rotatable bonds is 5. The van der Waals surface area contributed by atoms with Crippen molar-refractivity contribution in [1.29, 1.82) is 0 Å². The summed E-state index contributed by atoms with van der Waals surface area (Å²) < 4.78 is 10.0. The Kier molecular flexibility index (Phi) is 7.31. The third kappa shape index (κ3) is 5.31. The van der Waals surface area contributed by atoms with Crippen LogP contribution in [0.3, 0.4) is 0 Å². The zero-order valence-corrected chi connectivity index (χ0v) is 17.1. The fourth-order valence-corrected chi connectivity index (χ4v) is 3.25. The second-order valence-corrected chi connectivity index (χ2v) is 6.88. The maximum atomic E-state index is 11.4. The summed E-state index contributed by atoms with van der Waals surface area (Å²) in [5.74, 6) is 0.278. The number of ether oxygens (including phenoxy) is 1. The minimum absolute atomic E-state index is 0.111. The Bertz CT molecular complexity index is 954. The predicted octanol–water partition coefficient (Wildman–Crippen LogP) is 2.76. The summed E-state index contributed by atoms with van der Waals surface area (Å²) in [4.78, 5) is 25.5. The monoisotopic (exact) mass is 411 g/mol. The van der Waals surface area contributed by atoms with Crippen molar-refractivity contribution in [1.82, 2.24) is 25.1 Å². The van der Waals surface area contributed by atoms with Crippen molar-refractivity contribution >= 4 is 12.4 Å². The smallest absolute Gasteiger partial charge is 0.360 e. The highest BCUT2D eigenvalue weighted by Crippen LogP contribution is 2.26. The lowest BCUT2D eigenvalue weighted by Crippen LogP contribution is -2.32. The molecule has 1 unspecified atom stereocenters. The summed E-state index contributed by atoms with van der Waals surface area (Å²) in [6, 6.07) is 9.62. The molecule has 9 nitrogen and oxygen atoms in total. The molecule has 9 heteroatoms. The molecule has 1 amide bonds. The number of carbonyl (C=O) groups is 2. The zero-order chi connectivity index (χ0) is 21.3. The van der Waals surface area contributed by atoms with Gasteiger partial charge in [0.25, 0.3) is 0 Å². The second kappa shape index (κ2) is 10.3. The summed E-state index contributed by atoms with van der Waals surface area (Å²) in [7, 11) is 0. The molecule has 0 spiro atoms. The van der Waals surface area contributed by atoms with Gasteiger partial charge in [-0.05, 0) is 38.3 Å². The minimum atomic E-state index is -0.476. The molecule has 1 aliphatic heterocycles. The molecule has 0 radical (unpaired) electrons. The van der Waals surface area contributed by atoms with E-state index in [0.29, 0.717) is 18.9 Å². The van der Waals surface area contributed by atoms with Gasteiger partial charge in [-0.2, -0.15) is 15.0 Å². The molecule has 1 aliphatic rings. The van der Waals surface area contributed by atoms with Crippen molar-refractivity contribution in [2.75, 3.05) is 19.7 Å². The van der Waals surface area contributed by atoms with Gasteiger partial charge >= 0.3 is 5.97 Å². The molecule has 0 saturated carbocycles. The SMILES string of the molecule is CCOC(=O)c1cc(C2CCCN(C=O)C2)on1.Cc1ccccc1-n1nccn1. The van der Waals surface area contributed by atoms with E-state index >= 15 is 0 Å². The predicted molar refractivity (Wildman–Crippen MR) is 108 cm³/mol. The quantitative estimate of drug-likeness (QED) is 0.470. The van der Waals surface area contributed by atoms with Crippen LogP contribution in [0.5, 0.6) is 0 Å². The molecule has 0 aliphatic carbocycles. The first-order chi connectivity index (χ1) is 14.6. The summed E-state index contributed by atoms with van der Waals surface area (Å²) in [6.45, 7) is 5.48. The number of carbonyl (C=O) groups excluding carboxylic acids is 2. The number of amides is 1. The van der Waals surface area contributed by atoms with Crippen LogP contribution in [0.1, 0.15) is 47.5 Å². The highest BCUT2D eigenvalue weighted by atomic mass is 16.5. The number of aryl methyl sites for hydroxylation is 1. The molecule has 2 aromatic heterocycles. The standard InChI is InChI=1S/C12H16N2O4.C9H9N3/c1-2-17-12(16)10-6-11(18-13-10)9-4-3-5-14(7-9)8-15;1-8-4-2-3-5-9(8)12-10-6-7-11-12/h6,8-9H,2-5,7H2,1H3;2-7H,1H3. The van der Waals surface area contributed by atoms with Crippen molar-refractivity contribution in [2.24, 2.45) is 0 Å². The molecule has 1 atom stereocenters. The number of hydrogen-bond donors (Lipinski definition) is 0. The van der Waals surface area contributed by atoms with E-state index < -0.39 is 5.97 Å². The summed E-state index contributed by atoms with van der Waals surface area (Å²) in [5.41, 5.74) is 2.39. The number of nitrogens with zero attached hydrogens (tertiary/aromatic N) is 5. The number of benzene rings is 1. The van der Waals surface area contributed by atoms with Gasteiger partial charge in [-0.1, -0.05) is 23.4 Å². The van der Waals surface area contributed by atoms with Crippen LogP contribution >= 0.6 is 0 Å². The van der Waals surface area contributed by atoms with E-state index in [2.05, 4.69) is 15.4 Å². The van der Waals surface area contributed by atoms with E-state index in [9.17, 15) is 9.59 Å². The van der Waals surface area contributed by atoms with E-state index in [0.717, 1.165) is 31.5 Å². The van der Waals surface area contributed by atoms with Gasteiger partial charge in [0, 0.05) is 25.1 Å². The Balaban J connectivity index is 0.000000184. The molecule has 3 aromatic rings. The van der Waals surface area contributed by atoms with E-state index in [1.807, 2.05) is 31.2 Å². The molecular formula is C21H25N5O4. The van der Waals surface area contributed by atoms with Crippen molar-refractivity contribution in [3.63, 3.8) is 0 Å². The Morgan fingerprint density at radius 1 is 1.30 bits per heavy atom. The van der Waals surface area contributed by atoms with Crippen LogP contribution < -0.4 is 0 Å². The number of para-hydroxylation sites is 1. The van der Waals surface area contributed by atoms with Crippen molar-refractivity contribution in [3.8, 4) is 5.69 Å². The maximum Gasteiger partial charge on any atom is 0.360 e. The Morgan fingerprint density at radius 2 is 2.07 bits per heavy atom. The first-order valence-corrected chi connectivity index (χ1v) is 9.87. The van der Waals surface area contributed by atoms with E-state index in [1.54, 1.807) is 35.1 Å². The van der Waals surface area contributed by atoms with Crippen molar-refractivity contribution in [2.45, 2.75) is 32.6 Å². The van der Waals surface area contributed by atoms with E-state index in [1.165, 1.54) is 5.56 Å². The van der Waals surface area contributed by atoms with Gasteiger partial charge in [0.1, 0.15) is 5.76 Å². The lowest BCUT2D eigenvalue weighted by Gasteiger charge is -2.28. The number of likely N-dealkylation sites (tertiary alicyclic amines) is 1. The summed E-state index contributed by atoms with van der Waals surface area (Å²) in [5, 5.41) is 11.8. The lowest BCUT2D eigenvalue weighted by atomic mass is 9.96. The molecule has 158 valence electrons. The normalized spacial score (nSPS) is 15.8. The van der Waals surface area contributed by atoms with Gasteiger partial charge in [-0.3, -0.25) is 4.79 Å². The highest BCUT2D eigenvalue weighted by molar-refractivity contribution is 5.87. The molecule has 1 fully saturated rings. The second-order valence-electron chi connectivity index (χ2n) is 6.88. The van der Waals surface area contributed by atoms with Crippen LogP contribution in [0, 0.1) is 6.92 Å². The minimum Gasteiger partial charge on any atom is -0.461 e. The lowest BCUT2D eigenvalue weighted by molar-refractivity contribution is -0.119. The Labute approximate surface area is 174 Å². The fraction of sp³-hybridized carbons (Fsp3) is 0.381. The first kappa shape index (κ1) is 21.2. The van der Waals surface area contributed by atoms with E-state index in [4.69, 9.17) is 9.26 Å². The Hall–Kier alpha value is -3.49. The first-order valence-electron chi connectivity index (χ1n) is 9.87. The number of hydrogen-bond acceptors (Lipinski definition) is 7. The molecule has 3 heterocycles. The zero-order valence-electron chi connectivity index (χ0n) is 17.1. The van der Waals surface area contributed by atoms with E-state index in [-0.39, 0.29) is 11.6 Å². The number of esters is 1. The number of aromatic nitrogens is 4. The van der Waals surface area contributed by atoms with Gasteiger partial charge in [-0.15, -0.1) is 0 Å². The van der Waals surface area contributed by atoms with Gasteiger partial charge in [0.2, 0.25) is 6.41 Å². The third-order valence-electron chi connectivity index (χ3n) is 4.77. The van der Waals surface area contributed by atoms with Gasteiger partial charge in [-0.25, -0.2) is 4.79 Å². The Morgan fingerprint density at radius 3 is 2.77 bits per heavy atom. The molecule has 1 saturated heterocycles. The largest absolute Gasteiger partial charge is 0.461 e. The van der Waals surface area contributed by atoms with Crippen molar-refractivity contribution < 1.29 is 18.8 Å². The van der Waals surface area contributed by atoms with Crippen LogP contribution in [0.2, 0.25) is 0 Å². The molecule has 30 heavy (non-hydrogen) atoms. The van der Waals surface area contributed by atoms with Gasteiger partial charge in [0.15, 0.2) is 5.69 Å². The highest BCUT2D eigenvalue weighted by Gasteiger charge is 2.25. The van der Waals surface area contributed by atoms with Gasteiger partial charge < -0.3 is 14.2 Å². The average Bonchev–Trinajstić information content (AvgIpc) is 3.47. The topological polar surface area (TPSA) is 103 Å². The molecule has 4 rings (SSSR count). The van der Waals surface area contributed by atoms with Crippen LogP contribution in [-0.4, -0.2) is 57.1 Å². The molecular weight excluding hydrogens is 386 g/mol. The van der Waals surface area contributed by atoms with Crippen LogP contribution in [0.4, 0.5) is 0 Å². The third-order valence-corrected chi connectivity index (χ3v) is 4.77. The summed E-state index contributed by atoms with van der Waals surface area (Å²) >= 11 is 0. The van der Waals surface area contributed by atoms with Crippen LogP contribution in [0.15, 0.2) is 47.2 Å². The van der Waals surface area contributed by atoms with Gasteiger partial charge in [0.05, 0.1) is 24.7 Å². The van der Waals surface area contributed by atoms with Crippen LogP contribution in [0.25, 0.3) is 5.69 Å². The fourth-order valence-electron chi connectivity index (χ4n) is 3.25. The van der Waals surface area contributed by atoms with Crippen molar-refractivity contribution in [3.05, 3.63) is 59.7 Å². The molecule has 0 bridgehead atoms. The van der Waals surface area contributed by atoms with Crippen LogP contribution in [-0.2, 0) is 9.53 Å². The average molecular weight is 411 g/mol. The number of piperidine rings is 1. The maximum absolute atomic E-state index is 11.4. The molecule has 0 N–H and O–H groups in total.